The van der Waals surface area contributed by atoms with Gasteiger partial charge < -0.3 is 14.6 Å². The molecule has 1 aliphatic carbocycles. The first kappa shape index (κ1) is 17.4. The highest BCUT2D eigenvalue weighted by Crippen LogP contribution is 2.22. The molecule has 2 heterocycles. The Balaban J connectivity index is 1.39. The van der Waals surface area contributed by atoms with Crippen LogP contribution in [0.2, 0.25) is 0 Å². The van der Waals surface area contributed by atoms with Gasteiger partial charge in [0.15, 0.2) is 0 Å². The van der Waals surface area contributed by atoms with Gasteiger partial charge in [-0.1, -0.05) is 5.16 Å². The number of rotatable bonds is 6. The van der Waals surface area contributed by atoms with Crippen molar-refractivity contribution in [2.45, 2.75) is 64.5 Å². The second-order valence-electron chi connectivity index (χ2n) is 6.49. The number of nitrogens with zero attached hydrogens (tertiary/aromatic N) is 3. The lowest BCUT2D eigenvalue weighted by atomic mass is 9.93. The Hall–Kier alpha value is -2.44. The highest BCUT2D eigenvalue weighted by atomic mass is 16.5. The second-order valence-corrected chi connectivity index (χ2v) is 6.49. The van der Waals surface area contributed by atoms with Crippen molar-refractivity contribution in [2.24, 2.45) is 0 Å². The first-order chi connectivity index (χ1) is 12.1. The number of aryl methyl sites for hydroxylation is 2. The van der Waals surface area contributed by atoms with Crippen LogP contribution in [0.25, 0.3) is 0 Å². The number of amides is 1. The molecule has 134 valence electrons. The minimum atomic E-state index is 0.0794. The van der Waals surface area contributed by atoms with Crippen molar-refractivity contribution in [3.05, 3.63) is 35.5 Å². The Labute approximate surface area is 147 Å². The molecule has 0 spiro atoms. The molecule has 0 unspecified atom stereocenters. The van der Waals surface area contributed by atoms with Crippen LogP contribution in [-0.2, 0) is 11.2 Å². The van der Waals surface area contributed by atoms with Crippen LogP contribution in [0, 0.1) is 13.8 Å². The number of ether oxygens (including phenoxy) is 1. The monoisotopic (exact) mass is 344 g/mol. The third-order valence-corrected chi connectivity index (χ3v) is 4.64. The standard InChI is InChI=1S/C18H24N4O3/c1-12-16(13(2)25-22-12)8-9-17(23)21-14-4-6-15(7-5-14)24-18-19-10-3-11-20-18/h3,10-11,14-15H,4-9H2,1-2H3,(H,21,23). The average molecular weight is 344 g/mol. The lowest BCUT2D eigenvalue weighted by molar-refractivity contribution is -0.122. The van der Waals surface area contributed by atoms with Crippen molar-refractivity contribution in [1.29, 1.82) is 0 Å². The van der Waals surface area contributed by atoms with Gasteiger partial charge in [0.25, 0.3) is 0 Å². The highest BCUT2D eigenvalue weighted by molar-refractivity contribution is 5.76. The van der Waals surface area contributed by atoms with E-state index < -0.39 is 0 Å². The maximum absolute atomic E-state index is 12.2. The van der Waals surface area contributed by atoms with Crippen molar-refractivity contribution in [3.63, 3.8) is 0 Å². The van der Waals surface area contributed by atoms with Crippen LogP contribution in [-0.4, -0.2) is 33.2 Å². The quantitative estimate of drug-likeness (QED) is 0.866. The van der Waals surface area contributed by atoms with E-state index in [0.29, 0.717) is 18.9 Å². The molecule has 25 heavy (non-hydrogen) atoms. The zero-order chi connectivity index (χ0) is 17.6. The average Bonchev–Trinajstić information content (AvgIpc) is 2.94. The van der Waals surface area contributed by atoms with Gasteiger partial charge in [0, 0.05) is 30.4 Å². The largest absolute Gasteiger partial charge is 0.460 e. The molecule has 7 heteroatoms. The third-order valence-electron chi connectivity index (χ3n) is 4.64. The number of carbonyl (C=O) groups is 1. The van der Waals surface area contributed by atoms with E-state index in [2.05, 4.69) is 20.4 Å². The van der Waals surface area contributed by atoms with Gasteiger partial charge in [0.1, 0.15) is 11.9 Å². The number of aromatic nitrogens is 3. The summed E-state index contributed by atoms with van der Waals surface area (Å²) in [5, 5.41) is 7.05. The van der Waals surface area contributed by atoms with Gasteiger partial charge in [-0.15, -0.1) is 0 Å². The summed E-state index contributed by atoms with van der Waals surface area (Å²) in [6, 6.07) is 2.41. The van der Waals surface area contributed by atoms with E-state index in [9.17, 15) is 4.79 Å². The van der Waals surface area contributed by atoms with Crippen LogP contribution in [0.4, 0.5) is 0 Å². The molecule has 0 aromatic carbocycles. The molecule has 3 rings (SSSR count). The predicted octanol–water partition coefficient (Wildman–Crippen LogP) is 2.52. The van der Waals surface area contributed by atoms with Gasteiger partial charge in [-0.25, -0.2) is 9.97 Å². The molecule has 0 saturated heterocycles. The lowest BCUT2D eigenvalue weighted by Gasteiger charge is -2.28. The zero-order valence-electron chi connectivity index (χ0n) is 14.7. The molecule has 7 nitrogen and oxygen atoms in total. The summed E-state index contributed by atoms with van der Waals surface area (Å²) in [6.45, 7) is 3.78. The fraction of sp³-hybridized carbons (Fsp3) is 0.556. The molecule has 2 aromatic rings. The number of hydrogen-bond donors (Lipinski definition) is 1. The summed E-state index contributed by atoms with van der Waals surface area (Å²) < 4.78 is 10.9. The predicted molar refractivity (Wildman–Crippen MR) is 91.1 cm³/mol. The molecule has 1 saturated carbocycles. The van der Waals surface area contributed by atoms with Crippen LogP contribution < -0.4 is 10.1 Å². The molecule has 0 radical (unpaired) electrons. The number of hydrogen-bond acceptors (Lipinski definition) is 6. The van der Waals surface area contributed by atoms with Crippen LogP contribution in [0.1, 0.15) is 49.1 Å². The van der Waals surface area contributed by atoms with Gasteiger partial charge in [-0.2, -0.15) is 0 Å². The van der Waals surface area contributed by atoms with Crippen molar-refractivity contribution in [1.82, 2.24) is 20.4 Å². The Morgan fingerprint density at radius 3 is 2.60 bits per heavy atom. The Kier molecular flexibility index (Phi) is 5.63. The van der Waals surface area contributed by atoms with Gasteiger partial charge in [-0.05, 0) is 52.0 Å². The van der Waals surface area contributed by atoms with E-state index in [1.807, 2.05) is 13.8 Å². The van der Waals surface area contributed by atoms with Gasteiger partial charge in [-0.3, -0.25) is 4.79 Å². The van der Waals surface area contributed by atoms with E-state index >= 15 is 0 Å². The van der Waals surface area contributed by atoms with Crippen molar-refractivity contribution in [3.8, 4) is 6.01 Å². The minimum Gasteiger partial charge on any atom is -0.460 e. The summed E-state index contributed by atoms with van der Waals surface area (Å²) in [7, 11) is 0. The molecule has 0 atom stereocenters. The highest BCUT2D eigenvalue weighted by Gasteiger charge is 2.24. The maximum atomic E-state index is 12.2. The van der Waals surface area contributed by atoms with E-state index in [0.717, 1.165) is 42.7 Å². The fourth-order valence-corrected chi connectivity index (χ4v) is 3.22. The number of nitrogens with one attached hydrogen (secondary N) is 1. The SMILES string of the molecule is Cc1noc(C)c1CCC(=O)NC1CCC(Oc2ncccn2)CC1. The summed E-state index contributed by atoms with van der Waals surface area (Å²) in [5.41, 5.74) is 1.90. The number of carbonyl (C=O) groups excluding carboxylic acids is 1. The molecule has 0 aliphatic heterocycles. The fourth-order valence-electron chi connectivity index (χ4n) is 3.22. The van der Waals surface area contributed by atoms with Gasteiger partial charge in [0.2, 0.25) is 5.91 Å². The van der Waals surface area contributed by atoms with E-state index in [-0.39, 0.29) is 18.1 Å². The Morgan fingerprint density at radius 1 is 1.24 bits per heavy atom. The Morgan fingerprint density at radius 2 is 1.96 bits per heavy atom. The lowest BCUT2D eigenvalue weighted by Crippen LogP contribution is -2.39. The molecule has 2 aromatic heterocycles. The second kappa shape index (κ2) is 8.09. The summed E-state index contributed by atoms with van der Waals surface area (Å²) in [6.07, 6.45) is 8.20. The van der Waals surface area contributed by atoms with E-state index in [4.69, 9.17) is 9.26 Å². The molecular weight excluding hydrogens is 320 g/mol. The van der Waals surface area contributed by atoms with Crippen LogP contribution in [0.5, 0.6) is 6.01 Å². The molecule has 1 fully saturated rings. The van der Waals surface area contributed by atoms with Gasteiger partial charge >= 0.3 is 6.01 Å². The molecule has 1 N–H and O–H groups in total. The molecular formula is C18H24N4O3. The molecule has 1 amide bonds. The molecule has 1 aliphatic rings. The first-order valence-corrected chi connectivity index (χ1v) is 8.76. The third kappa shape index (κ3) is 4.78. The van der Waals surface area contributed by atoms with Crippen LogP contribution in [0.15, 0.2) is 23.0 Å². The van der Waals surface area contributed by atoms with Crippen molar-refractivity contribution < 1.29 is 14.1 Å². The topological polar surface area (TPSA) is 90.1 Å². The first-order valence-electron chi connectivity index (χ1n) is 8.76. The van der Waals surface area contributed by atoms with Crippen molar-refractivity contribution >= 4 is 5.91 Å². The van der Waals surface area contributed by atoms with Crippen molar-refractivity contribution in [2.75, 3.05) is 0 Å². The van der Waals surface area contributed by atoms with Crippen LogP contribution in [0.3, 0.4) is 0 Å². The Bertz CT molecular complexity index is 674. The minimum absolute atomic E-state index is 0.0794. The summed E-state index contributed by atoms with van der Waals surface area (Å²) >= 11 is 0. The molecule has 0 bridgehead atoms. The van der Waals surface area contributed by atoms with Crippen LogP contribution >= 0.6 is 0 Å². The van der Waals surface area contributed by atoms with E-state index in [1.54, 1.807) is 18.5 Å². The maximum Gasteiger partial charge on any atom is 0.316 e. The van der Waals surface area contributed by atoms with Gasteiger partial charge in [0.05, 0.1) is 5.69 Å². The smallest absolute Gasteiger partial charge is 0.316 e. The summed E-state index contributed by atoms with van der Waals surface area (Å²) in [4.78, 5) is 20.4. The normalized spacial score (nSPS) is 20.2. The summed E-state index contributed by atoms with van der Waals surface area (Å²) in [5.74, 6) is 0.877. The zero-order valence-corrected chi connectivity index (χ0v) is 14.7. The van der Waals surface area contributed by atoms with E-state index in [1.165, 1.54) is 0 Å².